The first-order valence-corrected chi connectivity index (χ1v) is 3.98. The highest BCUT2D eigenvalue weighted by molar-refractivity contribution is 6.68. The van der Waals surface area contributed by atoms with Crippen LogP contribution in [0, 0.1) is 13.8 Å². The third-order valence-electron chi connectivity index (χ3n) is 1.44. The van der Waals surface area contributed by atoms with E-state index in [9.17, 15) is 4.79 Å². The third-order valence-corrected chi connectivity index (χ3v) is 1.80. The maximum atomic E-state index is 10.8. The number of aryl methyl sites for hydroxylation is 2. The van der Waals surface area contributed by atoms with Crippen LogP contribution in [0.1, 0.15) is 21.7 Å². The van der Waals surface area contributed by atoms with Crippen molar-refractivity contribution in [1.82, 2.24) is 9.97 Å². The molecule has 0 spiro atoms. The molecule has 64 valence electrons. The van der Waals surface area contributed by atoms with Gasteiger partial charge in [0.05, 0.1) is 17.0 Å². The summed E-state index contributed by atoms with van der Waals surface area (Å²) < 4.78 is 0. The van der Waals surface area contributed by atoms with Gasteiger partial charge in [0.15, 0.2) is 0 Å². The second-order valence-corrected chi connectivity index (χ2v) is 2.99. The molecule has 1 aromatic rings. The van der Waals surface area contributed by atoms with Crippen molar-refractivity contribution >= 4 is 28.4 Å². The Balaban J connectivity index is 3.38. The van der Waals surface area contributed by atoms with E-state index in [1.165, 1.54) is 0 Å². The van der Waals surface area contributed by atoms with Crippen molar-refractivity contribution in [3.63, 3.8) is 0 Å². The van der Waals surface area contributed by atoms with Gasteiger partial charge in [-0.25, -0.2) is 9.97 Å². The van der Waals surface area contributed by atoms with Gasteiger partial charge >= 0.3 is 0 Å². The topological polar surface area (TPSA) is 42.9 Å². The normalized spacial score (nSPS) is 10.0. The molecule has 0 saturated heterocycles. The average molecular weight is 205 g/mol. The predicted octanol–water partition coefficient (Wildman–Crippen LogP) is 2.13. The predicted molar refractivity (Wildman–Crippen MR) is 46.7 cm³/mol. The van der Waals surface area contributed by atoms with E-state index in [-0.39, 0.29) is 5.28 Å². The summed E-state index contributed by atoms with van der Waals surface area (Å²) in [5.74, 6) is 0. The lowest BCUT2D eigenvalue weighted by molar-refractivity contribution is 0.107. The van der Waals surface area contributed by atoms with Crippen LogP contribution >= 0.6 is 23.2 Å². The molecule has 0 aliphatic rings. The second-order valence-electron chi connectivity index (χ2n) is 2.31. The molecule has 5 heteroatoms. The van der Waals surface area contributed by atoms with Crippen molar-refractivity contribution in [3.05, 3.63) is 22.2 Å². The van der Waals surface area contributed by atoms with E-state index in [4.69, 9.17) is 23.2 Å². The van der Waals surface area contributed by atoms with E-state index in [0.29, 0.717) is 17.0 Å². The first-order chi connectivity index (χ1) is 5.52. The highest BCUT2D eigenvalue weighted by Crippen LogP contribution is 2.14. The number of nitrogens with zero attached hydrogens (tertiary/aromatic N) is 2. The Bertz CT molecular complexity index is 315. The Kier molecular flexibility index (Phi) is 2.65. The van der Waals surface area contributed by atoms with Gasteiger partial charge in [-0.05, 0) is 37.0 Å². The summed E-state index contributed by atoms with van der Waals surface area (Å²) in [7, 11) is 0. The van der Waals surface area contributed by atoms with Gasteiger partial charge in [-0.3, -0.25) is 4.79 Å². The van der Waals surface area contributed by atoms with Crippen molar-refractivity contribution in [2.75, 3.05) is 0 Å². The van der Waals surface area contributed by atoms with Gasteiger partial charge in [0, 0.05) is 0 Å². The molecule has 0 saturated carbocycles. The van der Waals surface area contributed by atoms with Crippen molar-refractivity contribution in [3.8, 4) is 0 Å². The Hall–Kier alpha value is -0.670. The Morgan fingerprint density at radius 2 is 1.67 bits per heavy atom. The van der Waals surface area contributed by atoms with Crippen LogP contribution in [-0.2, 0) is 0 Å². The van der Waals surface area contributed by atoms with E-state index in [1.54, 1.807) is 13.8 Å². The number of hydrogen-bond acceptors (Lipinski definition) is 3. The second kappa shape index (κ2) is 3.37. The molecule has 12 heavy (non-hydrogen) atoms. The lowest BCUT2D eigenvalue weighted by Crippen LogP contribution is -2.03. The van der Waals surface area contributed by atoms with Crippen LogP contribution in [0.4, 0.5) is 0 Å². The number of carbonyl (C=O) groups is 1. The molecule has 0 radical (unpaired) electrons. The highest BCUT2D eigenvalue weighted by atomic mass is 35.5. The monoisotopic (exact) mass is 204 g/mol. The summed E-state index contributed by atoms with van der Waals surface area (Å²) in [6.45, 7) is 3.33. The van der Waals surface area contributed by atoms with Crippen LogP contribution in [0.25, 0.3) is 0 Å². The van der Waals surface area contributed by atoms with Gasteiger partial charge in [-0.15, -0.1) is 0 Å². The molecule has 0 aliphatic heterocycles. The number of halogens is 2. The zero-order chi connectivity index (χ0) is 9.30. The summed E-state index contributed by atoms with van der Waals surface area (Å²) in [6, 6.07) is 0. The summed E-state index contributed by atoms with van der Waals surface area (Å²) in [5, 5.41) is -0.423. The van der Waals surface area contributed by atoms with Crippen LogP contribution in [0.5, 0.6) is 0 Å². The number of rotatable bonds is 1. The molecule has 0 bridgehead atoms. The van der Waals surface area contributed by atoms with E-state index in [1.807, 2.05) is 0 Å². The summed E-state index contributed by atoms with van der Waals surface area (Å²) in [4.78, 5) is 18.5. The maximum Gasteiger partial charge on any atom is 0.256 e. The van der Waals surface area contributed by atoms with Gasteiger partial charge in [0.25, 0.3) is 5.24 Å². The molecule has 1 heterocycles. The fraction of sp³-hybridized carbons (Fsp3) is 0.286. The Morgan fingerprint density at radius 1 is 1.25 bits per heavy atom. The minimum atomic E-state index is -0.554. The van der Waals surface area contributed by atoms with E-state index >= 15 is 0 Å². The first-order valence-electron chi connectivity index (χ1n) is 3.23. The standard InChI is InChI=1S/C7H6Cl2N2O/c1-3-5(6(8)12)4(2)11-7(9)10-3/h1-2H3. The summed E-state index contributed by atoms with van der Waals surface area (Å²) in [5.41, 5.74) is 1.35. The minimum absolute atomic E-state index is 0.131. The Labute approximate surface area is 79.7 Å². The van der Waals surface area contributed by atoms with Crippen molar-refractivity contribution < 1.29 is 4.79 Å². The van der Waals surface area contributed by atoms with Crippen LogP contribution < -0.4 is 0 Å². The van der Waals surface area contributed by atoms with Gasteiger partial charge in [-0.1, -0.05) is 0 Å². The molecule has 0 atom stereocenters. The molecular formula is C7H6Cl2N2O. The van der Waals surface area contributed by atoms with Gasteiger partial charge in [0.1, 0.15) is 0 Å². The molecule has 0 amide bonds. The van der Waals surface area contributed by atoms with Crippen molar-refractivity contribution in [1.29, 1.82) is 0 Å². The molecule has 1 rings (SSSR count). The maximum absolute atomic E-state index is 10.8. The quantitative estimate of drug-likeness (QED) is 0.520. The molecule has 0 aromatic carbocycles. The molecule has 3 nitrogen and oxygen atoms in total. The van der Waals surface area contributed by atoms with E-state index in [2.05, 4.69) is 9.97 Å². The minimum Gasteiger partial charge on any atom is -0.275 e. The largest absolute Gasteiger partial charge is 0.275 e. The number of hydrogen-bond donors (Lipinski definition) is 0. The molecule has 0 unspecified atom stereocenters. The van der Waals surface area contributed by atoms with E-state index in [0.717, 1.165) is 0 Å². The van der Waals surface area contributed by atoms with Gasteiger partial charge < -0.3 is 0 Å². The first kappa shape index (κ1) is 9.42. The summed E-state index contributed by atoms with van der Waals surface area (Å²) >= 11 is 10.9. The molecular weight excluding hydrogens is 199 g/mol. The SMILES string of the molecule is Cc1nc(Cl)nc(C)c1C(=O)Cl. The number of aromatic nitrogens is 2. The fourth-order valence-corrected chi connectivity index (χ4v) is 1.49. The zero-order valence-corrected chi connectivity index (χ0v) is 8.07. The van der Waals surface area contributed by atoms with Crippen molar-refractivity contribution in [2.24, 2.45) is 0 Å². The fourth-order valence-electron chi connectivity index (χ4n) is 0.960. The lowest BCUT2D eigenvalue weighted by Gasteiger charge is -2.02. The van der Waals surface area contributed by atoms with Gasteiger partial charge in [-0.2, -0.15) is 0 Å². The lowest BCUT2D eigenvalue weighted by atomic mass is 10.2. The van der Waals surface area contributed by atoms with E-state index < -0.39 is 5.24 Å². The van der Waals surface area contributed by atoms with Crippen LogP contribution in [0.3, 0.4) is 0 Å². The van der Waals surface area contributed by atoms with Crippen LogP contribution in [0.2, 0.25) is 5.28 Å². The molecule has 1 aromatic heterocycles. The molecule has 0 N–H and O–H groups in total. The summed E-state index contributed by atoms with van der Waals surface area (Å²) in [6.07, 6.45) is 0. The smallest absolute Gasteiger partial charge is 0.256 e. The van der Waals surface area contributed by atoms with Crippen LogP contribution in [-0.4, -0.2) is 15.2 Å². The van der Waals surface area contributed by atoms with Crippen molar-refractivity contribution in [2.45, 2.75) is 13.8 Å². The van der Waals surface area contributed by atoms with Gasteiger partial charge in [0.2, 0.25) is 5.28 Å². The molecule has 0 fully saturated rings. The Morgan fingerprint density at radius 3 is 2.00 bits per heavy atom. The molecule has 0 aliphatic carbocycles. The zero-order valence-electron chi connectivity index (χ0n) is 6.56. The number of carbonyl (C=O) groups excluding carboxylic acids is 1. The highest BCUT2D eigenvalue weighted by Gasteiger charge is 2.12. The average Bonchev–Trinajstić information content (AvgIpc) is 1.82. The van der Waals surface area contributed by atoms with Crippen LogP contribution in [0.15, 0.2) is 0 Å². The third kappa shape index (κ3) is 1.73.